The summed E-state index contributed by atoms with van der Waals surface area (Å²) in [6, 6.07) is 8.29. The molecule has 2 aromatic carbocycles. The number of hydrogen-bond donors (Lipinski definition) is 2. The molecule has 174 valence electrons. The van der Waals surface area contributed by atoms with Gasteiger partial charge in [-0.3, -0.25) is 4.79 Å². The Bertz CT molecular complexity index is 961. The van der Waals surface area contributed by atoms with Crippen LogP contribution in [-0.4, -0.2) is 31.5 Å². The van der Waals surface area contributed by atoms with Crippen LogP contribution in [0.25, 0.3) is 0 Å². The Kier molecular flexibility index (Phi) is 6.85. The van der Waals surface area contributed by atoms with Gasteiger partial charge in [-0.15, -0.1) is 13.2 Å². The fraction of sp³-hybridized carbons (Fsp3) is 0.435. The van der Waals surface area contributed by atoms with Crippen molar-refractivity contribution in [3.8, 4) is 5.75 Å². The standard InChI is InChI=1S/C23H27F4N3O2/c1-13(2)14(3)18-11-21(30-9-8-15(24)12-30)19(10-20(18)28)22(31)29-16-4-6-17(7-5-16)32-23(25,26)27/h4-7,10-11,13-15H,8-9,12,28H2,1-3H3,(H,29,31). The molecule has 5 nitrogen and oxygen atoms in total. The van der Waals surface area contributed by atoms with Crippen LogP contribution in [0.1, 0.15) is 49.0 Å². The van der Waals surface area contributed by atoms with Crippen LogP contribution in [0.2, 0.25) is 0 Å². The van der Waals surface area contributed by atoms with Crippen molar-refractivity contribution in [3.63, 3.8) is 0 Å². The average Bonchev–Trinajstić information content (AvgIpc) is 3.13. The summed E-state index contributed by atoms with van der Waals surface area (Å²) in [6.45, 7) is 6.86. The Balaban J connectivity index is 1.89. The molecule has 1 heterocycles. The Morgan fingerprint density at radius 3 is 2.38 bits per heavy atom. The van der Waals surface area contributed by atoms with Gasteiger partial charge in [0.15, 0.2) is 0 Å². The molecular formula is C23H27F4N3O2. The van der Waals surface area contributed by atoms with Gasteiger partial charge in [-0.2, -0.15) is 0 Å². The molecule has 0 spiro atoms. The zero-order valence-electron chi connectivity index (χ0n) is 18.2. The number of ether oxygens (including phenoxy) is 1. The number of rotatable bonds is 6. The minimum atomic E-state index is -4.80. The minimum Gasteiger partial charge on any atom is -0.406 e. The van der Waals surface area contributed by atoms with E-state index in [0.29, 0.717) is 35.9 Å². The van der Waals surface area contributed by atoms with E-state index in [1.165, 1.54) is 12.1 Å². The van der Waals surface area contributed by atoms with Crippen LogP contribution in [0.3, 0.4) is 0 Å². The molecule has 1 aliphatic heterocycles. The van der Waals surface area contributed by atoms with Gasteiger partial charge in [0, 0.05) is 24.5 Å². The molecule has 1 aliphatic rings. The van der Waals surface area contributed by atoms with E-state index in [1.807, 2.05) is 17.9 Å². The van der Waals surface area contributed by atoms with Crippen LogP contribution in [0.4, 0.5) is 34.6 Å². The smallest absolute Gasteiger partial charge is 0.406 e. The fourth-order valence-corrected chi connectivity index (χ4v) is 3.69. The number of halogens is 4. The summed E-state index contributed by atoms with van der Waals surface area (Å²) in [6.07, 6.45) is -5.40. The second-order valence-corrected chi connectivity index (χ2v) is 8.39. The first-order chi connectivity index (χ1) is 14.9. The lowest BCUT2D eigenvalue weighted by molar-refractivity contribution is -0.274. The summed E-state index contributed by atoms with van der Waals surface area (Å²) in [5, 5.41) is 2.67. The summed E-state index contributed by atoms with van der Waals surface area (Å²) >= 11 is 0. The Morgan fingerprint density at radius 1 is 1.19 bits per heavy atom. The molecule has 2 aromatic rings. The summed E-state index contributed by atoms with van der Waals surface area (Å²) in [5.41, 5.74) is 8.79. The molecule has 0 radical (unpaired) electrons. The maximum absolute atomic E-state index is 13.9. The van der Waals surface area contributed by atoms with Gasteiger partial charge >= 0.3 is 6.36 Å². The SMILES string of the molecule is CC(C)C(C)c1cc(N2CCC(F)C2)c(C(=O)Nc2ccc(OC(F)(F)F)cc2)cc1N. The van der Waals surface area contributed by atoms with E-state index in [0.717, 1.165) is 17.7 Å². The predicted molar refractivity (Wildman–Crippen MR) is 117 cm³/mol. The summed E-state index contributed by atoms with van der Waals surface area (Å²) in [4.78, 5) is 14.9. The molecule has 9 heteroatoms. The predicted octanol–water partition coefficient (Wildman–Crippen LogP) is 5.73. The van der Waals surface area contributed by atoms with E-state index in [-0.39, 0.29) is 18.0 Å². The number of nitrogens with one attached hydrogen (secondary N) is 1. The zero-order valence-corrected chi connectivity index (χ0v) is 18.2. The second-order valence-electron chi connectivity index (χ2n) is 8.39. The van der Waals surface area contributed by atoms with Gasteiger partial charge in [-0.25, -0.2) is 4.39 Å². The highest BCUT2D eigenvalue weighted by Gasteiger charge is 2.31. The first-order valence-corrected chi connectivity index (χ1v) is 10.4. The van der Waals surface area contributed by atoms with Gasteiger partial charge < -0.3 is 20.7 Å². The number of hydrogen-bond acceptors (Lipinski definition) is 4. The van der Waals surface area contributed by atoms with Crippen LogP contribution >= 0.6 is 0 Å². The number of alkyl halides is 4. The lowest BCUT2D eigenvalue weighted by Crippen LogP contribution is -2.25. The number of amides is 1. The third kappa shape index (κ3) is 5.63. The Labute approximate surface area is 184 Å². The van der Waals surface area contributed by atoms with Crippen molar-refractivity contribution in [3.05, 3.63) is 47.5 Å². The molecule has 32 heavy (non-hydrogen) atoms. The number of nitrogens with two attached hydrogens (primary N) is 1. The maximum atomic E-state index is 13.9. The third-order valence-corrected chi connectivity index (χ3v) is 5.75. The van der Waals surface area contributed by atoms with Crippen LogP contribution in [0.15, 0.2) is 36.4 Å². The normalized spacial score (nSPS) is 17.5. The lowest BCUT2D eigenvalue weighted by Gasteiger charge is -2.26. The first-order valence-electron chi connectivity index (χ1n) is 10.4. The van der Waals surface area contributed by atoms with Crippen molar-refractivity contribution in [2.45, 2.75) is 45.6 Å². The molecular weight excluding hydrogens is 426 g/mol. The monoisotopic (exact) mass is 453 g/mol. The van der Waals surface area contributed by atoms with Crippen molar-refractivity contribution in [1.82, 2.24) is 0 Å². The molecule has 0 aromatic heterocycles. The zero-order chi connectivity index (χ0) is 23.6. The first kappa shape index (κ1) is 23.7. The number of nitrogens with zero attached hydrogens (tertiary/aromatic N) is 1. The van der Waals surface area contributed by atoms with Crippen molar-refractivity contribution in [2.75, 3.05) is 29.0 Å². The van der Waals surface area contributed by atoms with Gasteiger partial charge in [-0.05, 0) is 60.2 Å². The number of carbonyl (C=O) groups is 1. The topological polar surface area (TPSA) is 67.6 Å². The number of anilines is 3. The quantitative estimate of drug-likeness (QED) is 0.433. The molecule has 0 bridgehead atoms. The van der Waals surface area contributed by atoms with E-state index in [1.54, 1.807) is 6.07 Å². The molecule has 3 N–H and O–H groups in total. The van der Waals surface area contributed by atoms with E-state index in [9.17, 15) is 22.4 Å². The van der Waals surface area contributed by atoms with Gasteiger partial charge in [0.05, 0.1) is 11.3 Å². The van der Waals surface area contributed by atoms with Crippen LogP contribution in [0, 0.1) is 5.92 Å². The molecule has 0 saturated carbocycles. The van der Waals surface area contributed by atoms with Crippen molar-refractivity contribution >= 4 is 23.0 Å². The van der Waals surface area contributed by atoms with E-state index < -0.39 is 24.2 Å². The minimum absolute atomic E-state index is 0.135. The van der Waals surface area contributed by atoms with Crippen LogP contribution in [-0.2, 0) is 0 Å². The van der Waals surface area contributed by atoms with Crippen molar-refractivity contribution in [2.24, 2.45) is 5.92 Å². The van der Waals surface area contributed by atoms with E-state index in [4.69, 9.17) is 5.73 Å². The molecule has 2 unspecified atom stereocenters. The Hall–Kier alpha value is -2.97. The fourth-order valence-electron chi connectivity index (χ4n) is 3.69. The van der Waals surface area contributed by atoms with Gasteiger partial charge in [0.2, 0.25) is 0 Å². The molecule has 3 rings (SSSR count). The number of carbonyl (C=O) groups excluding carboxylic acids is 1. The van der Waals surface area contributed by atoms with Gasteiger partial charge in [0.25, 0.3) is 5.91 Å². The van der Waals surface area contributed by atoms with Crippen LogP contribution < -0.4 is 20.7 Å². The lowest BCUT2D eigenvalue weighted by atomic mass is 9.87. The molecule has 1 fully saturated rings. The number of benzene rings is 2. The van der Waals surface area contributed by atoms with Crippen molar-refractivity contribution in [1.29, 1.82) is 0 Å². The molecule has 1 amide bonds. The molecule has 0 aliphatic carbocycles. The summed E-state index contributed by atoms with van der Waals surface area (Å²) in [5.74, 6) is -0.425. The molecule has 2 atom stereocenters. The van der Waals surface area contributed by atoms with Crippen LogP contribution in [0.5, 0.6) is 5.75 Å². The maximum Gasteiger partial charge on any atom is 0.573 e. The van der Waals surface area contributed by atoms with Crippen molar-refractivity contribution < 1.29 is 27.1 Å². The Morgan fingerprint density at radius 2 is 1.84 bits per heavy atom. The highest BCUT2D eigenvalue weighted by Crippen LogP contribution is 2.36. The van der Waals surface area contributed by atoms with Gasteiger partial charge in [-0.1, -0.05) is 20.8 Å². The summed E-state index contributed by atoms with van der Waals surface area (Å²) in [7, 11) is 0. The highest BCUT2D eigenvalue weighted by molar-refractivity contribution is 6.09. The average molecular weight is 453 g/mol. The van der Waals surface area contributed by atoms with Gasteiger partial charge in [0.1, 0.15) is 11.9 Å². The third-order valence-electron chi connectivity index (χ3n) is 5.75. The highest BCUT2D eigenvalue weighted by atomic mass is 19.4. The second kappa shape index (κ2) is 9.26. The van der Waals surface area contributed by atoms with E-state index >= 15 is 0 Å². The largest absolute Gasteiger partial charge is 0.573 e. The summed E-state index contributed by atoms with van der Waals surface area (Å²) < 4.78 is 54.7. The number of nitrogen functional groups attached to an aromatic ring is 1. The molecule has 1 saturated heterocycles. The van der Waals surface area contributed by atoms with E-state index in [2.05, 4.69) is 23.9 Å².